The van der Waals surface area contributed by atoms with E-state index in [1.165, 1.54) is 0 Å². The van der Waals surface area contributed by atoms with E-state index in [4.69, 9.17) is 5.11 Å². The molecule has 20 heavy (non-hydrogen) atoms. The Morgan fingerprint density at radius 3 is 2.10 bits per heavy atom. The van der Waals surface area contributed by atoms with Crippen molar-refractivity contribution >= 4 is 12.0 Å². The van der Waals surface area contributed by atoms with Crippen molar-refractivity contribution < 1.29 is 14.7 Å². The van der Waals surface area contributed by atoms with E-state index >= 15 is 0 Å². The molecule has 6 nitrogen and oxygen atoms in total. The van der Waals surface area contributed by atoms with Crippen molar-refractivity contribution in [3.05, 3.63) is 0 Å². The van der Waals surface area contributed by atoms with Gasteiger partial charge in [-0.15, -0.1) is 0 Å². The molecule has 0 spiro atoms. The van der Waals surface area contributed by atoms with Crippen LogP contribution < -0.4 is 5.32 Å². The van der Waals surface area contributed by atoms with E-state index in [0.717, 1.165) is 6.54 Å². The predicted octanol–water partition coefficient (Wildman–Crippen LogP) is 1.47. The minimum absolute atomic E-state index is 0.0321. The van der Waals surface area contributed by atoms with Gasteiger partial charge in [0.15, 0.2) is 0 Å². The number of carbonyl (C=O) groups excluding carboxylic acids is 1. The quantitative estimate of drug-likeness (QED) is 0.743. The minimum atomic E-state index is -0.893. The molecule has 0 aromatic rings. The summed E-state index contributed by atoms with van der Waals surface area (Å²) >= 11 is 0. The molecule has 0 fully saturated rings. The lowest BCUT2D eigenvalue weighted by molar-refractivity contribution is -0.137. The highest BCUT2D eigenvalue weighted by Gasteiger charge is 2.23. The fourth-order valence-electron chi connectivity index (χ4n) is 1.86. The van der Waals surface area contributed by atoms with Gasteiger partial charge >= 0.3 is 12.0 Å². The molecule has 6 heteroatoms. The molecule has 0 aromatic carbocycles. The van der Waals surface area contributed by atoms with Crippen LogP contribution >= 0.6 is 0 Å². The number of carboxylic acid groups (broad SMARTS) is 1. The van der Waals surface area contributed by atoms with Gasteiger partial charge in [-0.05, 0) is 25.9 Å². The largest absolute Gasteiger partial charge is 0.481 e. The van der Waals surface area contributed by atoms with Crippen LogP contribution in [0.15, 0.2) is 0 Å². The number of hydrogen-bond acceptors (Lipinski definition) is 3. The van der Waals surface area contributed by atoms with Crippen molar-refractivity contribution in [2.75, 3.05) is 34.2 Å². The second kappa shape index (κ2) is 8.09. The van der Waals surface area contributed by atoms with Crippen LogP contribution in [0.3, 0.4) is 0 Å². The van der Waals surface area contributed by atoms with Crippen LogP contribution in [0, 0.1) is 5.41 Å². The molecule has 0 saturated heterocycles. The first-order chi connectivity index (χ1) is 9.01. The standard InChI is InChI=1S/C14H29N3O3/c1-14(2,3)10-11(9-12(18)19)15-13(20)17(6)8-7-16(4)5/h11H,7-10H2,1-6H3,(H,15,20)(H,18,19). The van der Waals surface area contributed by atoms with Crippen molar-refractivity contribution in [3.8, 4) is 0 Å². The third kappa shape index (κ3) is 9.61. The third-order valence-electron chi connectivity index (χ3n) is 2.84. The highest BCUT2D eigenvalue weighted by Crippen LogP contribution is 2.22. The van der Waals surface area contributed by atoms with E-state index in [1.807, 2.05) is 39.8 Å². The Morgan fingerprint density at radius 2 is 1.70 bits per heavy atom. The number of nitrogens with one attached hydrogen (secondary N) is 1. The van der Waals surface area contributed by atoms with Crippen LogP contribution in [0.5, 0.6) is 0 Å². The Hall–Kier alpha value is -1.30. The summed E-state index contributed by atoms with van der Waals surface area (Å²) in [7, 11) is 5.60. The van der Waals surface area contributed by atoms with Crippen LogP contribution in [-0.2, 0) is 4.79 Å². The zero-order chi connectivity index (χ0) is 15.9. The molecule has 0 aromatic heterocycles. The molecule has 0 saturated carbocycles. The fourth-order valence-corrected chi connectivity index (χ4v) is 1.86. The van der Waals surface area contributed by atoms with Crippen molar-refractivity contribution in [1.82, 2.24) is 15.1 Å². The van der Waals surface area contributed by atoms with Crippen LogP contribution in [0.2, 0.25) is 0 Å². The van der Waals surface area contributed by atoms with Gasteiger partial charge in [-0.25, -0.2) is 4.79 Å². The second-order valence-electron chi connectivity index (χ2n) is 6.73. The van der Waals surface area contributed by atoms with E-state index in [9.17, 15) is 9.59 Å². The van der Waals surface area contributed by atoms with Gasteiger partial charge in [0.2, 0.25) is 0 Å². The molecule has 118 valence electrons. The molecule has 0 bridgehead atoms. The number of urea groups is 1. The predicted molar refractivity (Wildman–Crippen MR) is 79.8 cm³/mol. The van der Waals surface area contributed by atoms with Gasteiger partial charge in [-0.3, -0.25) is 4.79 Å². The zero-order valence-corrected chi connectivity index (χ0v) is 13.6. The lowest BCUT2D eigenvalue weighted by atomic mass is 9.87. The molecule has 2 amide bonds. The van der Waals surface area contributed by atoms with Gasteiger partial charge < -0.3 is 20.2 Å². The van der Waals surface area contributed by atoms with Gasteiger partial charge in [0, 0.05) is 26.2 Å². The average Bonchev–Trinajstić information content (AvgIpc) is 2.21. The maximum Gasteiger partial charge on any atom is 0.317 e. The topological polar surface area (TPSA) is 72.9 Å². The van der Waals surface area contributed by atoms with Crippen molar-refractivity contribution in [2.45, 2.75) is 39.7 Å². The van der Waals surface area contributed by atoms with Crippen molar-refractivity contribution in [3.63, 3.8) is 0 Å². The number of hydrogen-bond donors (Lipinski definition) is 2. The van der Waals surface area contributed by atoms with Gasteiger partial charge in [-0.1, -0.05) is 20.8 Å². The molecule has 0 rings (SSSR count). The van der Waals surface area contributed by atoms with E-state index < -0.39 is 5.97 Å². The molecule has 0 heterocycles. The Kier molecular flexibility index (Phi) is 7.57. The SMILES string of the molecule is CN(C)CCN(C)C(=O)NC(CC(=O)O)CC(C)(C)C. The Balaban J connectivity index is 4.47. The Labute approximate surface area is 122 Å². The number of aliphatic carboxylic acids is 1. The summed E-state index contributed by atoms with van der Waals surface area (Å²) in [5.41, 5.74) is -0.0321. The Bertz CT molecular complexity index is 324. The summed E-state index contributed by atoms with van der Waals surface area (Å²) in [6, 6.07) is -0.566. The first-order valence-electron chi connectivity index (χ1n) is 6.89. The molecule has 0 aliphatic heterocycles. The van der Waals surface area contributed by atoms with Crippen LogP contribution in [0.4, 0.5) is 4.79 Å². The number of carbonyl (C=O) groups is 2. The van der Waals surface area contributed by atoms with Gasteiger partial charge in [0.25, 0.3) is 0 Å². The molecular weight excluding hydrogens is 258 g/mol. The van der Waals surface area contributed by atoms with Crippen LogP contribution in [-0.4, -0.2) is 67.2 Å². The summed E-state index contributed by atoms with van der Waals surface area (Å²) in [4.78, 5) is 26.5. The highest BCUT2D eigenvalue weighted by molar-refractivity contribution is 5.75. The van der Waals surface area contributed by atoms with Gasteiger partial charge in [0.1, 0.15) is 0 Å². The smallest absolute Gasteiger partial charge is 0.317 e. The van der Waals surface area contributed by atoms with Crippen molar-refractivity contribution in [2.24, 2.45) is 5.41 Å². The number of nitrogens with zero attached hydrogens (tertiary/aromatic N) is 2. The zero-order valence-electron chi connectivity index (χ0n) is 13.6. The monoisotopic (exact) mass is 287 g/mol. The number of amides is 2. The first-order valence-corrected chi connectivity index (χ1v) is 6.89. The summed E-state index contributed by atoms with van der Waals surface area (Å²) in [5, 5.41) is 11.8. The van der Waals surface area contributed by atoms with Gasteiger partial charge in [-0.2, -0.15) is 0 Å². The van der Waals surface area contributed by atoms with E-state index in [2.05, 4.69) is 5.32 Å². The van der Waals surface area contributed by atoms with Crippen LogP contribution in [0.1, 0.15) is 33.6 Å². The maximum absolute atomic E-state index is 12.0. The first kappa shape index (κ1) is 18.7. The lowest BCUT2D eigenvalue weighted by Gasteiger charge is -2.28. The second-order valence-corrected chi connectivity index (χ2v) is 6.73. The summed E-state index contributed by atoms with van der Waals surface area (Å²) in [5.74, 6) is -0.893. The molecule has 0 aliphatic rings. The van der Waals surface area contributed by atoms with Crippen molar-refractivity contribution in [1.29, 1.82) is 0 Å². The summed E-state index contributed by atoms with van der Waals surface area (Å²) in [6.07, 6.45) is 0.580. The molecular formula is C14H29N3O3. The van der Waals surface area contributed by atoms with Crippen LogP contribution in [0.25, 0.3) is 0 Å². The van der Waals surface area contributed by atoms with Gasteiger partial charge in [0.05, 0.1) is 6.42 Å². The molecule has 2 N–H and O–H groups in total. The lowest BCUT2D eigenvalue weighted by Crippen LogP contribution is -2.46. The molecule has 0 aliphatic carbocycles. The highest BCUT2D eigenvalue weighted by atomic mass is 16.4. The third-order valence-corrected chi connectivity index (χ3v) is 2.84. The fraction of sp³-hybridized carbons (Fsp3) is 0.857. The minimum Gasteiger partial charge on any atom is -0.481 e. The van der Waals surface area contributed by atoms with E-state index in [-0.39, 0.29) is 23.9 Å². The number of likely N-dealkylation sites (N-methyl/N-ethyl adjacent to an activating group) is 2. The Morgan fingerprint density at radius 1 is 1.15 bits per heavy atom. The normalized spacial score (nSPS) is 13.2. The van der Waals surface area contributed by atoms with E-state index in [0.29, 0.717) is 13.0 Å². The summed E-state index contributed by atoms with van der Waals surface area (Å²) < 4.78 is 0. The molecule has 1 unspecified atom stereocenters. The number of rotatable bonds is 7. The maximum atomic E-state index is 12.0. The molecule has 0 radical (unpaired) electrons. The molecule has 1 atom stereocenters. The summed E-state index contributed by atoms with van der Waals surface area (Å²) in [6.45, 7) is 7.47. The number of carboxylic acids is 1. The average molecular weight is 287 g/mol. The van der Waals surface area contributed by atoms with E-state index in [1.54, 1.807) is 11.9 Å².